The summed E-state index contributed by atoms with van der Waals surface area (Å²) in [6.07, 6.45) is 0.826. The lowest BCUT2D eigenvalue weighted by Gasteiger charge is -2.50. The van der Waals surface area contributed by atoms with Crippen LogP contribution in [0.3, 0.4) is 0 Å². The minimum atomic E-state index is -1.87. The van der Waals surface area contributed by atoms with E-state index in [9.17, 15) is 9.90 Å². The summed E-state index contributed by atoms with van der Waals surface area (Å²) < 4.78 is 19.1. The summed E-state index contributed by atoms with van der Waals surface area (Å²) in [5.41, 5.74) is 0.355. The molecule has 0 spiro atoms. The monoisotopic (exact) mass is 432 g/mol. The summed E-state index contributed by atoms with van der Waals surface area (Å²) in [6, 6.07) is 0.948. The first kappa shape index (κ1) is 24.8. The number of carbonyl (C=O) groups is 1. The van der Waals surface area contributed by atoms with Crippen molar-refractivity contribution < 1.29 is 23.5 Å². The Kier molecular flexibility index (Phi) is 8.71. The predicted molar refractivity (Wildman–Crippen MR) is 119 cm³/mol. The highest BCUT2D eigenvalue weighted by molar-refractivity contribution is 6.71. The average Bonchev–Trinajstić information content (AvgIpc) is 2.45. The van der Waals surface area contributed by atoms with Gasteiger partial charge in [-0.25, -0.2) is 4.79 Å². The lowest BCUT2D eigenvalue weighted by atomic mass is 9.80. The molecule has 1 N–H and O–H groups in total. The molecule has 5 nitrogen and oxygen atoms in total. The zero-order valence-electron chi connectivity index (χ0n) is 18.6. The maximum Gasteiger partial charge on any atom is 0.333 e. The quantitative estimate of drug-likeness (QED) is 0.261. The van der Waals surface area contributed by atoms with Crippen molar-refractivity contribution in [3.05, 3.63) is 12.2 Å². The van der Waals surface area contributed by atoms with Gasteiger partial charge in [0, 0.05) is 21.0 Å². The van der Waals surface area contributed by atoms with Gasteiger partial charge in [0.15, 0.2) is 16.6 Å². The zero-order chi connectivity index (χ0) is 21.0. The van der Waals surface area contributed by atoms with Crippen molar-refractivity contribution in [1.29, 1.82) is 0 Å². The van der Waals surface area contributed by atoms with Crippen molar-refractivity contribution in [3.63, 3.8) is 0 Å². The van der Waals surface area contributed by atoms with Crippen LogP contribution >= 0.6 is 0 Å². The molecule has 0 heterocycles. The van der Waals surface area contributed by atoms with Crippen molar-refractivity contribution in [1.82, 2.24) is 0 Å². The van der Waals surface area contributed by atoms with Crippen LogP contribution in [0.25, 0.3) is 0 Å². The number of rotatable bonds is 9. The molecule has 0 aromatic rings. The number of carbonyl (C=O) groups excluding carboxylic acids is 1. The van der Waals surface area contributed by atoms with E-state index in [1.807, 2.05) is 0 Å². The maximum atomic E-state index is 12.0. The summed E-state index contributed by atoms with van der Waals surface area (Å²) in [5, 5.41) is 10.4. The van der Waals surface area contributed by atoms with Crippen LogP contribution in [0.2, 0.25) is 51.9 Å². The van der Waals surface area contributed by atoms with Gasteiger partial charge in [-0.3, -0.25) is 0 Å². The van der Waals surface area contributed by atoms with Crippen LogP contribution < -0.4 is 0 Å². The second-order valence-corrected chi connectivity index (χ2v) is 20.1. The van der Waals surface area contributed by atoms with E-state index in [0.29, 0.717) is 18.4 Å². The van der Waals surface area contributed by atoms with Gasteiger partial charge in [0.25, 0.3) is 0 Å². The van der Waals surface area contributed by atoms with E-state index in [0.717, 1.165) is 12.5 Å². The van der Waals surface area contributed by atoms with Gasteiger partial charge in [-0.2, -0.15) is 0 Å². The van der Waals surface area contributed by atoms with Crippen LogP contribution in [0.4, 0.5) is 0 Å². The average molecular weight is 433 g/mol. The molecule has 27 heavy (non-hydrogen) atoms. The van der Waals surface area contributed by atoms with Crippen LogP contribution in [0.15, 0.2) is 12.2 Å². The zero-order valence-corrected chi connectivity index (χ0v) is 22.0. The van der Waals surface area contributed by atoms with E-state index in [-0.39, 0.29) is 15.4 Å². The maximum absolute atomic E-state index is 12.0. The summed E-state index contributed by atoms with van der Waals surface area (Å²) >= 11 is 0. The molecular formula is C19H40O5Si3. The van der Waals surface area contributed by atoms with Gasteiger partial charge in [0.05, 0.1) is 6.10 Å². The van der Waals surface area contributed by atoms with Crippen LogP contribution in [0.5, 0.6) is 0 Å². The molecule has 1 aliphatic carbocycles. The number of hydrogen-bond acceptors (Lipinski definition) is 5. The Labute approximate surface area is 169 Å². The van der Waals surface area contributed by atoms with Crippen molar-refractivity contribution in [3.8, 4) is 0 Å². The highest BCUT2D eigenvalue weighted by Crippen LogP contribution is 2.43. The Morgan fingerprint density at radius 1 is 1.15 bits per heavy atom. The smallest absolute Gasteiger partial charge is 0.333 e. The molecule has 1 saturated carbocycles. The number of ether oxygens (including phenoxy) is 1. The fraction of sp³-hybridized carbons (Fsp3) is 0.842. The molecule has 3 unspecified atom stereocenters. The molecule has 0 aliphatic heterocycles. The van der Waals surface area contributed by atoms with E-state index >= 15 is 0 Å². The summed E-state index contributed by atoms with van der Waals surface area (Å²) in [4.78, 5) is 12.0. The third-order valence-corrected chi connectivity index (χ3v) is 7.65. The largest absolute Gasteiger partial charge is 0.456 e. The van der Waals surface area contributed by atoms with Crippen molar-refractivity contribution in [2.45, 2.75) is 96.1 Å². The number of hydrogen-bond donors (Lipinski definition) is 1. The topological polar surface area (TPSA) is 65.0 Å². The molecule has 1 rings (SSSR count). The molecule has 0 saturated heterocycles. The first-order valence-corrected chi connectivity index (χ1v) is 19.4. The Hall–Kier alpha value is -0.259. The summed E-state index contributed by atoms with van der Waals surface area (Å²) in [6.45, 7) is 20.7. The fourth-order valence-corrected chi connectivity index (χ4v) is 8.25. The Balaban J connectivity index is 3.18. The van der Waals surface area contributed by atoms with Gasteiger partial charge in [-0.1, -0.05) is 13.1 Å². The van der Waals surface area contributed by atoms with E-state index in [1.54, 1.807) is 6.92 Å². The van der Waals surface area contributed by atoms with Crippen LogP contribution in [-0.2, 0) is 18.4 Å². The van der Waals surface area contributed by atoms with Gasteiger partial charge in [-0.05, 0) is 71.5 Å². The lowest BCUT2D eigenvalue weighted by Crippen LogP contribution is -2.57. The Morgan fingerprint density at radius 2 is 1.67 bits per heavy atom. The molecule has 0 aromatic heterocycles. The van der Waals surface area contributed by atoms with Gasteiger partial charge < -0.3 is 18.7 Å². The second-order valence-electron chi connectivity index (χ2n) is 9.79. The van der Waals surface area contributed by atoms with E-state index < -0.39 is 40.6 Å². The minimum absolute atomic E-state index is 0.120. The Morgan fingerprint density at radius 3 is 2.07 bits per heavy atom. The molecule has 1 fully saturated rings. The number of aliphatic hydroxyl groups excluding tert-OH is 1. The molecule has 0 aromatic carbocycles. The minimum Gasteiger partial charge on any atom is -0.456 e. The highest BCUT2D eigenvalue weighted by Gasteiger charge is 2.49. The van der Waals surface area contributed by atoms with Gasteiger partial charge in [0.2, 0.25) is 0 Å². The first-order valence-electron chi connectivity index (χ1n) is 10.1. The molecule has 8 heteroatoms. The lowest BCUT2D eigenvalue weighted by molar-refractivity contribution is -0.189. The number of aliphatic hydroxyl groups is 1. The van der Waals surface area contributed by atoms with E-state index in [1.165, 1.54) is 0 Å². The van der Waals surface area contributed by atoms with Crippen LogP contribution in [0.1, 0.15) is 26.2 Å². The Bertz CT molecular complexity index is 508. The molecular weight excluding hydrogens is 392 g/mol. The molecule has 1 aliphatic rings. The van der Waals surface area contributed by atoms with Crippen LogP contribution in [0, 0.1) is 5.92 Å². The predicted octanol–water partition coefficient (Wildman–Crippen LogP) is 3.67. The van der Waals surface area contributed by atoms with Gasteiger partial charge in [0.1, 0.15) is 11.9 Å². The third kappa shape index (κ3) is 7.94. The SMILES string of the molecule is C=C(C)C(=O)OC1CC(C(C[SiH2]C)(O[Si](C)(C)C)O[Si](C)(C)C)CCC1O. The molecule has 0 radical (unpaired) electrons. The first-order chi connectivity index (χ1) is 12.2. The van der Waals surface area contributed by atoms with Gasteiger partial charge in [-0.15, -0.1) is 0 Å². The van der Waals surface area contributed by atoms with Crippen molar-refractivity contribution >= 4 is 32.1 Å². The normalized spacial score (nSPS) is 25.0. The highest BCUT2D eigenvalue weighted by atomic mass is 28.4. The van der Waals surface area contributed by atoms with Crippen molar-refractivity contribution in [2.24, 2.45) is 5.92 Å². The van der Waals surface area contributed by atoms with Crippen molar-refractivity contribution in [2.75, 3.05) is 0 Å². The fourth-order valence-electron chi connectivity index (χ4n) is 3.76. The second kappa shape index (κ2) is 9.49. The summed E-state index contributed by atoms with van der Waals surface area (Å²) in [7, 11) is -4.06. The van der Waals surface area contributed by atoms with Crippen LogP contribution in [-0.4, -0.2) is 55.2 Å². The standard InChI is InChI=1S/C19H40O5Si3/c1-14(2)18(21)22-17-12-15(10-11-16(17)20)19(13-25-3,23-26(4,5)6)24-27(7,8)9/h15-17,20H,1,10-13,25H2,2-9H3. The van der Waals surface area contributed by atoms with Gasteiger partial charge >= 0.3 is 5.97 Å². The van der Waals surface area contributed by atoms with E-state index in [4.69, 9.17) is 13.6 Å². The number of esters is 1. The molecule has 0 bridgehead atoms. The molecule has 158 valence electrons. The van der Waals surface area contributed by atoms with E-state index in [2.05, 4.69) is 52.4 Å². The third-order valence-electron chi connectivity index (χ3n) is 4.54. The summed E-state index contributed by atoms with van der Waals surface area (Å²) in [5.74, 6) is -0.925. The molecule has 0 amide bonds. The molecule has 3 atom stereocenters.